The molecule has 0 spiro atoms. The lowest BCUT2D eigenvalue weighted by molar-refractivity contribution is -0.140. The molecule has 232 valence electrons. The van der Waals surface area contributed by atoms with Crippen LogP contribution in [0.3, 0.4) is 0 Å². The lowest BCUT2D eigenvalue weighted by Crippen LogP contribution is -2.47. The van der Waals surface area contributed by atoms with Crippen LogP contribution in [0.15, 0.2) is 42.5 Å². The number of hydrogen-bond donors (Lipinski definition) is 2. The normalized spacial score (nSPS) is 14.8. The molecule has 0 saturated carbocycles. The van der Waals surface area contributed by atoms with Crippen LogP contribution < -0.4 is 10.6 Å². The number of hydrogen-bond acceptors (Lipinski definition) is 2. The van der Waals surface area contributed by atoms with Gasteiger partial charge in [-0.2, -0.15) is 52.7 Å². The largest absolute Gasteiger partial charge is 0.417 e. The van der Waals surface area contributed by atoms with Crippen LogP contribution >= 0.6 is 11.6 Å². The van der Waals surface area contributed by atoms with Gasteiger partial charge in [0.05, 0.1) is 21.7 Å². The van der Waals surface area contributed by atoms with Gasteiger partial charge in [-0.3, -0.25) is 9.59 Å². The number of halogens is 14. The summed E-state index contributed by atoms with van der Waals surface area (Å²) < 4.78 is 172. The zero-order chi connectivity index (χ0) is 32.4. The lowest BCUT2D eigenvalue weighted by atomic mass is 9.94. The predicted octanol–water partition coefficient (Wildman–Crippen LogP) is 7.83. The van der Waals surface area contributed by atoms with Gasteiger partial charge in [0.25, 0.3) is 5.91 Å². The van der Waals surface area contributed by atoms with Crippen molar-refractivity contribution in [2.75, 3.05) is 6.54 Å². The summed E-state index contributed by atoms with van der Waals surface area (Å²) in [6, 6.07) is -0.162. The summed E-state index contributed by atoms with van der Waals surface area (Å²) in [7, 11) is 0. The van der Waals surface area contributed by atoms with E-state index in [0.29, 0.717) is 18.2 Å². The fourth-order valence-electron chi connectivity index (χ4n) is 3.38. The summed E-state index contributed by atoms with van der Waals surface area (Å²) in [4.78, 5) is 24.1. The van der Waals surface area contributed by atoms with Gasteiger partial charge < -0.3 is 10.6 Å². The molecular weight excluding hydrogens is 631 g/mol. The van der Waals surface area contributed by atoms with Crippen molar-refractivity contribution in [1.29, 1.82) is 0 Å². The molecule has 0 bridgehead atoms. The van der Waals surface area contributed by atoms with E-state index in [0.717, 1.165) is 6.92 Å². The summed E-state index contributed by atoms with van der Waals surface area (Å²) in [5, 5.41) is 1.96. The van der Waals surface area contributed by atoms with Gasteiger partial charge in [0.15, 0.2) is 0 Å². The number of allylic oxidation sites excluding steroid dienone is 1. The number of nitrogens with one attached hydrogen (secondary N) is 2. The fourth-order valence-corrected chi connectivity index (χ4v) is 3.68. The Morgan fingerprint density at radius 2 is 1.43 bits per heavy atom. The second kappa shape index (κ2) is 12.4. The van der Waals surface area contributed by atoms with Crippen LogP contribution in [0.5, 0.6) is 0 Å². The minimum Gasteiger partial charge on any atom is -0.345 e. The number of benzene rings is 2. The highest BCUT2D eigenvalue weighted by molar-refractivity contribution is 6.31. The highest BCUT2D eigenvalue weighted by Gasteiger charge is 2.42. The molecule has 2 rings (SSSR count). The third-order valence-electron chi connectivity index (χ3n) is 5.37. The van der Waals surface area contributed by atoms with Crippen molar-refractivity contribution in [2.24, 2.45) is 0 Å². The van der Waals surface area contributed by atoms with Crippen molar-refractivity contribution >= 4 is 29.2 Å². The van der Waals surface area contributed by atoms with Gasteiger partial charge in [-0.15, -0.1) is 0 Å². The number of rotatable bonds is 7. The van der Waals surface area contributed by atoms with Crippen molar-refractivity contribution in [2.45, 2.75) is 43.6 Å². The summed E-state index contributed by atoms with van der Waals surface area (Å²) in [5.74, 6) is -7.93. The zero-order valence-corrected chi connectivity index (χ0v) is 21.3. The molecule has 2 atom stereocenters. The maximum Gasteiger partial charge on any atom is 0.417 e. The molecule has 42 heavy (non-hydrogen) atoms. The van der Waals surface area contributed by atoms with Crippen LogP contribution in [0.4, 0.5) is 57.1 Å². The van der Waals surface area contributed by atoms with E-state index in [2.05, 4.69) is 0 Å². The average Bonchev–Trinajstić information content (AvgIpc) is 2.82. The Morgan fingerprint density at radius 3 is 1.90 bits per heavy atom. The molecule has 0 fully saturated rings. The molecule has 0 aliphatic heterocycles. The van der Waals surface area contributed by atoms with Crippen molar-refractivity contribution in [3.05, 3.63) is 75.3 Å². The average molecular weight is 647 g/mol. The monoisotopic (exact) mass is 646 g/mol. The summed E-state index contributed by atoms with van der Waals surface area (Å²) in [5.41, 5.74) is -6.72. The Balaban J connectivity index is 2.46. The predicted molar refractivity (Wildman–Crippen MR) is 122 cm³/mol. The third kappa shape index (κ3) is 9.25. The van der Waals surface area contributed by atoms with Crippen LogP contribution in [-0.4, -0.2) is 36.8 Å². The van der Waals surface area contributed by atoms with Crippen molar-refractivity contribution in [3.8, 4) is 0 Å². The molecule has 2 aromatic carbocycles. The van der Waals surface area contributed by atoms with Gasteiger partial charge in [-0.25, -0.2) is 4.39 Å². The smallest absolute Gasteiger partial charge is 0.345 e. The van der Waals surface area contributed by atoms with Crippen molar-refractivity contribution < 1.29 is 66.7 Å². The molecule has 2 aromatic rings. The number of amides is 2. The zero-order valence-electron chi connectivity index (χ0n) is 20.5. The second-order valence-electron chi connectivity index (χ2n) is 8.56. The first-order valence-electron chi connectivity index (χ1n) is 11.1. The van der Waals surface area contributed by atoms with Crippen LogP contribution in [0, 0.1) is 0 Å². The second-order valence-corrected chi connectivity index (χ2v) is 8.96. The topological polar surface area (TPSA) is 58.2 Å². The van der Waals surface area contributed by atoms with E-state index in [1.54, 1.807) is 5.32 Å². The minimum absolute atomic E-state index is 0.0394. The van der Waals surface area contributed by atoms with Gasteiger partial charge in [0.1, 0.15) is 24.3 Å². The quantitative estimate of drug-likeness (QED) is 0.302. The van der Waals surface area contributed by atoms with Crippen LogP contribution in [0.1, 0.15) is 45.5 Å². The Kier molecular flexibility index (Phi) is 10.2. The number of alkyl halides is 12. The van der Waals surface area contributed by atoms with Crippen LogP contribution in [0.25, 0.3) is 5.83 Å². The number of carbonyl (C=O) groups is 2. The van der Waals surface area contributed by atoms with Gasteiger partial charge in [0, 0.05) is 5.56 Å². The standard InChI is InChI=1S/C24H16ClF13N2O2/c1-10(19(41)39-9-21(27,28)29)40-20(42)13-4-2-12(6-16(13)24(36,37)38)18(26)8-15(23(33,34)35)11-3-5-14(17(25)7-11)22(30,31)32/h2-8,10,15H,9H2,1H3,(H,39,41)(H,40,42)/b18-8-/t10-,15?/m1/s1. The fraction of sp³-hybridized carbons (Fsp3) is 0.333. The first-order valence-corrected chi connectivity index (χ1v) is 11.5. The summed E-state index contributed by atoms with van der Waals surface area (Å²) >= 11 is 5.43. The molecule has 0 heterocycles. The maximum absolute atomic E-state index is 14.9. The first-order chi connectivity index (χ1) is 18.9. The summed E-state index contributed by atoms with van der Waals surface area (Å²) in [6.07, 6.45) is -20.8. The highest BCUT2D eigenvalue weighted by Crippen LogP contribution is 2.42. The Morgan fingerprint density at radius 1 is 0.857 bits per heavy atom. The van der Waals surface area contributed by atoms with Crippen molar-refractivity contribution in [1.82, 2.24) is 10.6 Å². The molecule has 18 heteroatoms. The molecule has 0 aromatic heterocycles. The molecule has 2 N–H and O–H groups in total. The van der Waals surface area contributed by atoms with E-state index >= 15 is 0 Å². The Labute approximate surface area is 232 Å². The van der Waals surface area contributed by atoms with E-state index in [-0.39, 0.29) is 24.3 Å². The highest BCUT2D eigenvalue weighted by atomic mass is 35.5. The molecule has 0 aliphatic rings. The van der Waals surface area contributed by atoms with Crippen LogP contribution in [0.2, 0.25) is 5.02 Å². The third-order valence-corrected chi connectivity index (χ3v) is 5.69. The summed E-state index contributed by atoms with van der Waals surface area (Å²) in [6.45, 7) is -0.962. The molecule has 0 saturated heterocycles. The molecule has 0 radical (unpaired) electrons. The maximum atomic E-state index is 14.9. The molecule has 0 aliphatic carbocycles. The van der Waals surface area contributed by atoms with Gasteiger partial charge in [-0.1, -0.05) is 23.7 Å². The van der Waals surface area contributed by atoms with Crippen LogP contribution in [-0.2, 0) is 17.1 Å². The minimum atomic E-state index is -5.42. The van der Waals surface area contributed by atoms with E-state index in [1.165, 1.54) is 5.32 Å². The lowest BCUT2D eigenvalue weighted by Gasteiger charge is -2.20. The number of carbonyl (C=O) groups excluding carboxylic acids is 2. The van der Waals surface area contributed by atoms with E-state index in [1.807, 2.05) is 0 Å². The van der Waals surface area contributed by atoms with E-state index in [4.69, 9.17) is 11.6 Å². The molecule has 4 nitrogen and oxygen atoms in total. The SMILES string of the molecule is C[C@@H](NC(=O)c1ccc(/C(F)=C/C(c2ccc(C(F)(F)F)c(Cl)c2)C(F)(F)F)cc1C(F)(F)F)C(=O)NCC(F)(F)F. The van der Waals surface area contributed by atoms with E-state index in [9.17, 15) is 66.7 Å². The van der Waals surface area contributed by atoms with Gasteiger partial charge in [-0.05, 0) is 42.8 Å². The van der Waals surface area contributed by atoms with Gasteiger partial charge in [0.2, 0.25) is 5.91 Å². The van der Waals surface area contributed by atoms with Gasteiger partial charge >= 0.3 is 24.7 Å². The Bertz CT molecular complexity index is 1350. The molecular formula is C24H16ClF13N2O2. The Hall–Kier alpha value is -3.50. The first kappa shape index (κ1) is 34.7. The van der Waals surface area contributed by atoms with Crippen molar-refractivity contribution in [3.63, 3.8) is 0 Å². The van der Waals surface area contributed by atoms with E-state index < -0.39 is 93.7 Å². The molecule has 1 unspecified atom stereocenters. The molecule has 2 amide bonds.